The van der Waals surface area contributed by atoms with Crippen LogP contribution in [0.1, 0.15) is 33.6 Å². The minimum absolute atomic E-state index is 0.0120. The summed E-state index contributed by atoms with van der Waals surface area (Å²) in [5.41, 5.74) is 0. The molecule has 7 heteroatoms. The van der Waals surface area contributed by atoms with E-state index in [0.717, 1.165) is 6.42 Å². The van der Waals surface area contributed by atoms with Crippen LogP contribution in [-0.4, -0.2) is 53.1 Å². The molecule has 7 nitrogen and oxygen atoms in total. The number of urea groups is 1. The van der Waals surface area contributed by atoms with Crippen LogP contribution in [0.25, 0.3) is 0 Å². The molecule has 1 aliphatic rings. The molecular formula is C13H23N3O4. The fraction of sp³-hybridized carbons (Fsp3) is 0.769. The second kappa shape index (κ2) is 7.12. The summed E-state index contributed by atoms with van der Waals surface area (Å²) in [4.78, 5) is 36.1. The molecule has 2 atom stereocenters. The normalized spacial score (nSPS) is 20.5. The summed E-state index contributed by atoms with van der Waals surface area (Å²) >= 11 is 0. The van der Waals surface area contributed by atoms with E-state index in [1.165, 1.54) is 4.90 Å². The van der Waals surface area contributed by atoms with Gasteiger partial charge in [-0.2, -0.15) is 0 Å². The Hall–Kier alpha value is -1.79. The van der Waals surface area contributed by atoms with Crippen LogP contribution in [0.15, 0.2) is 0 Å². The van der Waals surface area contributed by atoms with Crippen molar-refractivity contribution in [1.29, 1.82) is 0 Å². The highest BCUT2D eigenvalue weighted by Crippen LogP contribution is 2.12. The first-order valence-corrected chi connectivity index (χ1v) is 6.93. The Bertz CT molecular complexity index is 384. The van der Waals surface area contributed by atoms with Crippen LogP contribution < -0.4 is 10.6 Å². The number of hydrogen-bond donors (Lipinski definition) is 3. The van der Waals surface area contributed by atoms with Crippen LogP contribution in [0.2, 0.25) is 0 Å². The molecule has 0 aromatic heterocycles. The summed E-state index contributed by atoms with van der Waals surface area (Å²) in [7, 11) is 0. The molecular weight excluding hydrogens is 262 g/mol. The van der Waals surface area contributed by atoms with Gasteiger partial charge in [0.15, 0.2) is 0 Å². The highest BCUT2D eigenvalue weighted by Gasteiger charge is 2.35. The molecule has 0 bridgehead atoms. The van der Waals surface area contributed by atoms with Gasteiger partial charge in [-0.15, -0.1) is 0 Å². The average molecular weight is 285 g/mol. The number of hydrogen-bond acceptors (Lipinski definition) is 3. The van der Waals surface area contributed by atoms with Crippen molar-refractivity contribution < 1.29 is 19.5 Å². The van der Waals surface area contributed by atoms with Crippen LogP contribution >= 0.6 is 0 Å². The van der Waals surface area contributed by atoms with Crippen molar-refractivity contribution in [2.45, 2.75) is 45.7 Å². The van der Waals surface area contributed by atoms with Crippen molar-refractivity contribution in [3.63, 3.8) is 0 Å². The molecule has 3 amide bonds. The van der Waals surface area contributed by atoms with E-state index in [2.05, 4.69) is 10.6 Å². The maximum atomic E-state index is 12.3. The minimum Gasteiger partial charge on any atom is -0.481 e. The highest BCUT2D eigenvalue weighted by molar-refractivity contribution is 5.91. The number of nitrogens with zero attached hydrogens (tertiary/aromatic N) is 1. The number of carbonyl (C=O) groups excluding carboxylic acids is 2. The molecule has 1 saturated heterocycles. The Balaban J connectivity index is 2.76. The molecule has 0 aromatic carbocycles. The van der Waals surface area contributed by atoms with E-state index in [1.54, 1.807) is 0 Å². The monoisotopic (exact) mass is 285 g/mol. The van der Waals surface area contributed by atoms with Gasteiger partial charge in [-0.25, -0.2) is 4.79 Å². The second-order valence-corrected chi connectivity index (χ2v) is 5.31. The average Bonchev–Trinajstić information content (AvgIpc) is 2.37. The lowest BCUT2D eigenvalue weighted by Gasteiger charge is -2.35. The lowest BCUT2D eigenvalue weighted by atomic mass is 10.0. The Morgan fingerprint density at radius 2 is 2.15 bits per heavy atom. The van der Waals surface area contributed by atoms with E-state index >= 15 is 0 Å². The summed E-state index contributed by atoms with van der Waals surface area (Å²) in [5, 5.41) is 14.3. The van der Waals surface area contributed by atoms with E-state index in [0.29, 0.717) is 13.1 Å². The third-order valence-electron chi connectivity index (χ3n) is 3.51. The quantitative estimate of drug-likeness (QED) is 0.681. The first kappa shape index (κ1) is 16.3. The molecule has 0 aliphatic carbocycles. The fourth-order valence-corrected chi connectivity index (χ4v) is 2.31. The number of carbonyl (C=O) groups is 3. The lowest BCUT2D eigenvalue weighted by Crippen LogP contribution is -2.61. The van der Waals surface area contributed by atoms with Gasteiger partial charge in [0.05, 0.1) is 6.42 Å². The molecule has 1 aliphatic heterocycles. The molecule has 0 aromatic rings. The highest BCUT2D eigenvalue weighted by atomic mass is 16.4. The van der Waals surface area contributed by atoms with Gasteiger partial charge in [0.25, 0.3) is 0 Å². The summed E-state index contributed by atoms with van der Waals surface area (Å²) in [5.74, 6) is -1.23. The first-order chi connectivity index (χ1) is 9.36. The Morgan fingerprint density at radius 3 is 2.65 bits per heavy atom. The summed E-state index contributed by atoms with van der Waals surface area (Å²) < 4.78 is 0. The lowest BCUT2D eigenvalue weighted by molar-refractivity contribution is -0.142. The van der Waals surface area contributed by atoms with Gasteiger partial charge in [0.1, 0.15) is 6.04 Å². The molecule has 0 saturated carbocycles. The third kappa shape index (κ3) is 4.11. The van der Waals surface area contributed by atoms with Crippen molar-refractivity contribution in [1.82, 2.24) is 15.5 Å². The Morgan fingerprint density at radius 1 is 1.50 bits per heavy atom. The fourth-order valence-electron chi connectivity index (χ4n) is 2.31. The minimum atomic E-state index is -1.10. The van der Waals surface area contributed by atoms with Gasteiger partial charge < -0.3 is 20.6 Å². The largest absolute Gasteiger partial charge is 0.481 e. The zero-order valence-electron chi connectivity index (χ0n) is 12.2. The number of piperazine rings is 1. The van der Waals surface area contributed by atoms with Crippen LogP contribution in [-0.2, 0) is 9.59 Å². The van der Waals surface area contributed by atoms with E-state index in [9.17, 15) is 14.4 Å². The predicted octanol–water partition coefficient (Wildman–Crippen LogP) is 0.406. The second-order valence-electron chi connectivity index (χ2n) is 5.31. The van der Waals surface area contributed by atoms with E-state index in [4.69, 9.17) is 5.11 Å². The van der Waals surface area contributed by atoms with E-state index < -0.39 is 17.9 Å². The van der Waals surface area contributed by atoms with Gasteiger partial charge in [-0.05, 0) is 12.3 Å². The maximum absolute atomic E-state index is 12.3. The Kier molecular flexibility index (Phi) is 5.79. The van der Waals surface area contributed by atoms with Gasteiger partial charge in [-0.1, -0.05) is 20.8 Å². The number of carboxylic acid groups (broad SMARTS) is 1. The van der Waals surface area contributed by atoms with E-state index in [1.807, 2.05) is 20.8 Å². The maximum Gasteiger partial charge on any atom is 0.318 e. The number of nitrogens with one attached hydrogen (secondary N) is 2. The predicted molar refractivity (Wildman–Crippen MR) is 73.2 cm³/mol. The topological polar surface area (TPSA) is 98.7 Å². The molecule has 0 spiro atoms. The molecule has 3 N–H and O–H groups in total. The van der Waals surface area contributed by atoms with Crippen molar-refractivity contribution in [3.8, 4) is 0 Å². The van der Waals surface area contributed by atoms with E-state index in [-0.39, 0.29) is 24.4 Å². The molecule has 0 radical (unpaired) electrons. The van der Waals surface area contributed by atoms with Crippen molar-refractivity contribution in [3.05, 3.63) is 0 Å². The van der Waals surface area contributed by atoms with Crippen LogP contribution in [0.5, 0.6) is 0 Å². The summed E-state index contributed by atoms with van der Waals surface area (Å²) in [6, 6.07) is -1.30. The zero-order valence-corrected chi connectivity index (χ0v) is 12.2. The zero-order chi connectivity index (χ0) is 15.3. The van der Waals surface area contributed by atoms with Crippen molar-refractivity contribution in [2.24, 2.45) is 5.92 Å². The Labute approximate surface area is 118 Å². The molecule has 1 fully saturated rings. The number of rotatable bonds is 5. The van der Waals surface area contributed by atoms with Crippen LogP contribution in [0.3, 0.4) is 0 Å². The number of aliphatic carboxylic acids is 1. The smallest absolute Gasteiger partial charge is 0.318 e. The standard InChI is InChI=1S/C13H23N3O4/c1-4-9(8(2)3)15-13(20)16-6-5-14-12(19)10(16)7-11(17)18/h8-10H,4-7H2,1-3H3,(H,14,19)(H,15,20)(H,17,18). The van der Waals surface area contributed by atoms with Gasteiger partial charge >= 0.3 is 12.0 Å². The summed E-state index contributed by atoms with van der Waals surface area (Å²) in [6.45, 7) is 6.66. The number of amides is 3. The van der Waals surface area contributed by atoms with Crippen LogP contribution in [0.4, 0.5) is 4.79 Å². The first-order valence-electron chi connectivity index (χ1n) is 6.93. The van der Waals surface area contributed by atoms with Gasteiger partial charge in [-0.3, -0.25) is 9.59 Å². The molecule has 1 heterocycles. The summed E-state index contributed by atoms with van der Waals surface area (Å²) in [6.07, 6.45) is 0.408. The van der Waals surface area contributed by atoms with Crippen LogP contribution in [0, 0.1) is 5.92 Å². The SMILES string of the molecule is CCC(NC(=O)N1CCNC(=O)C1CC(=O)O)C(C)C. The van der Waals surface area contributed by atoms with Crippen molar-refractivity contribution in [2.75, 3.05) is 13.1 Å². The van der Waals surface area contributed by atoms with Gasteiger partial charge in [0.2, 0.25) is 5.91 Å². The molecule has 2 unspecified atom stereocenters. The molecule has 20 heavy (non-hydrogen) atoms. The van der Waals surface area contributed by atoms with Gasteiger partial charge in [0, 0.05) is 19.1 Å². The number of carboxylic acids is 1. The molecule has 114 valence electrons. The molecule has 1 rings (SSSR count). The van der Waals surface area contributed by atoms with Crippen molar-refractivity contribution >= 4 is 17.9 Å². The third-order valence-corrected chi connectivity index (χ3v) is 3.51.